The summed E-state index contributed by atoms with van der Waals surface area (Å²) in [4.78, 5) is 2.32. The van der Waals surface area contributed by atoms with E-state index in [1.54, 1.807) is 6.92 Å². The van der Waals surface area contributed by atoms with Gasteiger partial charge >= 0.3 is 5.51 Å². The summed E-state index contributed by atoms with van der Waals surface area (Å²) in [6, 6.07) is 7.56. The Kier molecular flexibility index (Phi) is 10.5. The lowest BCUT2D eigenvalue weighted by molar-refractivity contribution is -0.677. The molecule has 0 aliphatic rings. The van der Waals surface area contributed by atoms with Gasteiger partial charge in [0, 0.05) is 11.4 Å². The lowest BCUT2D eigenvalue weighted by Gasteiger charge is -2.08. The van der Waals surface area contributed by atoms with Gasteiger partial charge in [-0.1, -0.05) is 28.1 Å². The van der Waals surface area contributed by atoms with Gasteiger partial charge in [-0.2, -0.15) is 18.3 Å². The Balaban J connectivity index is 0.000000582. The van der Waals surface area contributed by atoms with Crippen LogP contribution < -0.4 is 9.40 Å². The Bertz CT molecular complexity index is 1160. The number of hydrogen-bond acceptors (Lipinski definition) is 6. The van der Waals surface area contributed by atoms with Crippen LogP contribution >= 0.6 is 15.9 Å². The highest BCUT2D eigenvalue weighted by Gasteiger charge is 2.36. The molecular weight excluding hydrogens is 553 g/mol. The molecule has 0 saturated carbocycles. The van der Waals surface area contributed by atoms with Gasteiger partial charge in [0.15, 0.2) is 10.1 Å². The molecule has 0 aliphatic carbocycles. The number of aromatic nitrogens is 2. The van der Waals surface area contributed by atoms with Crippen LogP contribution in [0.2, 0.25) is 0 Å². The largest absolute Gasteiger partial charge is 0.741 e. The molecule has 0 radical (unpaired) electrons. The predicted octanol–water partition coefficient (Wildman–Crippen LogP) is 2.56. The Morgan fingerprint density at radius 2 is 1.73 bits per heavy atom. The number of aryl methyl sites for hydroxylation is 2. The van der Waals surface area contributed by atoms with Crippen molar-refractivity contribution in [3.8, 4) is 0 Å². The van der Waals surface area contributed by atoms with Crippen LogP contribution in [0.1, 0.15) is 31.2 Å². The van der Waals surface area contributed by atoms with Gasteiger partial charge in [-0.25, -0.2) is 30.8 Å². The van der Waals surface area contributed by atoms with Gasteiger partial charge in [-0.15, -0.1) is 0 Å². The standard InChI is InChI=1S/C17H24BrN4O2S.CHF3O3S/c1-14(16-6-8-17(18)9-7-16)19-20-25(23,24)13-5-4-10-22-12-11-21(3)15(22)2;2-1(3,4)8(5,6)7/h6-9,11-12,20H,4-5,10,13H2,1-3H3;(H,5,6,7)/q+1;/p-1/b19-14-;. The zero-order valence-corrected chi connectivity index (χ0v) is 21.2. The Hall–Kier alpha value is -1.97. The van der Waals surface area contributed by atoms with Crippen LogP contribution in [0, 0.1) is 6.92 Å². The summed E-state index contributed by atoms with van der Waals surface area (Å²) in [5, 5.41) is 4.00. The molecule has 0 unspecified atom stereocenters. The van der Waals surface area contributed by atoms with Gasteiger partial charge in [0.1, 0.15) is 12.4 Å². The number of nitrogens with zero attached hydrogens (tertiary/aromatic N) is 3. The molecule has 0 amide bonds. The first-order valence-corrected chi connectivity index (χ1v) is 13.2. The average molecular weight is 577 g/mol. The first kappa shape index (κ1) is 29.1. The molecule has 0 atom stereocenters. The highest BCUT2D eigenvalue weighted by atomic mass is 79.9. The third kappa shape index (κ3) is 10.2. The van der Waals surface area contributed by atoms with Crippen molar-refractivity contribution < 1.29 is 39.1 Å². The van der Waals surface area contributed by atoms with Crippen LogP contribution in [0.15, 0.2) is 46.2 Å². The molecule has 1 aromatic heterocycles. The Labute approximate surface area is 199 Å². The zero-order chi connectivity index (χ0) is 25.4. The number of rotatable bonds is 8. The normalized spacial score (nSPS) is 12.8. The fourth-order valence-corrected chi connectivity index (χ4v) is 3.56. The first-order chi connectivity index (χ1) is 15.0. The molecule has 186 valence electrons. The number of unbranched alkanes of at least 4 members (excludes halogenated alkanes) is 1. The van der Waals surface area contributed by atoms with Crippen LogP contribution in [0.25, 0.3) is 0 Å². The smallest absolute Gasteiger partial charge is 0.485 e. The number of hydrogen-bond donors (Lipinski definition) is 1. The van der Waals surface area contributed by atoms with Crippen LogP contribution in [0.5, 0.6) is 0 Å². The van der Waals surface area contributed by atoms with Gasteiger partial charge in [-0.05, 0) is 37.5 Å². The van der Waals surface area contributed by atoms with Crippen molar-refractivity contribution in [2.24, 2.45) is 12.1 Å². The van der Waals surface area contributed by atoms with Crippen LogP contribution in [-0.2, 0) is 33.7 Å². The first-order valence-electron chi connectivity index (χ1n) is 9.37. The van der Waals surface area contributed by atoms with Crippen molar-refractivity contribution in [2.45, 2.75) is 38.7 Å². The molecule has 2 rings (SSSR count). The third-order valence-corrected chi connectivity index (χ3v) is 6.65. The number of alkyl halides is 3. The van der Waals surface area contributed by atoms with E-state index in [1.165, 1.54) is 0 Å². The van der Waals surface area contributed by atoms with Crippen molar-refractivity contribution in [2.75, 3.05) is 5.75 Å². The molecule has 1 N–H and O–H groups in total. The lowest BCUT2D eigenvalue weighted by Crippen LogP contribution is -2.29. The van der Waals surface area contributed by atoms with Gasteiger partial charge in [-0.3, -0.25) is 0 Å². The van der Waals surface area contributed by atoms with Gasteiger partial charge in [0.25, 0.3) is 5.82 Å². The maximum atomic E-state index is 12.1. The second-order valence-corrected chi connectivity index (χ2v) is 11.0. The van der Waals surface area contributed by atoms with Gasteiger partial charge in [0.05, 0.1) is 25.1 Å². The number of halogens is 4. The van der Waals surface area contributed by atoms with E-state index in [-0.39, 0.29) is 5.75 Å². The van der Waals surface area contributed by atoms with E-state index in [4.69, 9.17) is 13.0 Å². The predicted molar refractivity (Wildman–Crippen MR) is 119 cm³/mol. The molecule has 0 bridgehead atoms. The molecule has 0 fully saturated rings. The third-order valence-electron chi connectivity index (χ3n) is 4.36. The molecule has 0 saturated heterocycles. The number of imidazole rings is 1. The van der Waals surface area contributed by atoms with Gasteiger partial charge in [0.2, 0.25) is 10.0 Å². The Morgan fingerprint density at radius 1 is 1.18 bits per heavy atom. The molecule has 2 aromatic rings. The van der Waals surface area contributed by atoms with E-state index in [0.717, 1.165) is 28.8 Å². The van der Waals surface area contributed by atoms with Crippen LogP contribution in [-0.4, -0.2) is 42.9 Å². The minimum Gasteiger partial charge on any atom is -0.741 e. The maximum absolute atomic E-state index is 12.1. The fraction of sp³-hybridized carbons (Fsp3) is 0.444. The SMILES string of the molecule is C/C(=N/NS(=O)(=O)CCCCn1cc[n+](C)c1C)c1ccc(Br)cc1.O=S(=O)([O-])C(F)(F)F. The van der Waals surface area contributed by atoms with Crippen LogP contribution in [0.3, 0.4) is 0 Å². The van der Waals surface area contributed by atoms with E-state index < -0.39 is 25.6 Å². The average Bonchev–Trinajstić information content (AvgIpc) is 3.01. The fourth-order valence-electron chi connectivity index (χ4n) is 2.35. The van der Waals surface area contributed by atoms with Crippen molar-refractivity contribution in [3.05, 3.63) is 52.5 Å². The van der Waals surface area contributed by atoms with Crippen molar-refractivity contribution in [3.63, 3.8) is 0 Å². The van der Waals surface area contributed by atoms with Crippen molar-refractivity contribution in [1.29, 1.82) is 0 Å². The number of nitrogens with one attached hydrogen (secondary N) is 1. The molecule has 0 spiro atoms. The van der Waals surface area contributed by atoms with E-state index >= 15 is 0 Å². The van der Waals surface area contributed by atoms with E-state index in [1.807, 2.05) is 55.2 Å². The topological polar surface area (TPSA) is 125 Å². The monoisotopic (exact) mass is 576 g/mol. The van der Waals surface area contributed by atoms with E-state index in [0.29, 0.717) is 12.1 Å². The molecule has 1 heterocycles. The molecule has 9 nitrogen and oxygen atoms in total. The summed E-state index contributed by atoms with van der Waals surface area (Å²) in [5.74, 6) is 1.21. The molecule has 33 heavy (non-hydrogen) atoms. The molecule has 0 aliphatic heterocycles. The van der Waals surface area contributed by atoms with E-state index in [2.05, 4.69) is 30.4 Å². The van der Waals surface area contributed by atoms with Crippen molar-refractivity contribution >= 4 is 41.8 Å². The molecular formula is C18H24BrF3N4O5S2. The van der Waals surface area contributed by atoms with E-state index in [9.17, 15) is 21.6 Å². The van der Waals surface area contributed by atoms with Gasteiger partial charge < -0.3 is 4.55 Å². The zero-order valence-electron chi connectivity index (χ0n) is 18.0. The summed E-state index contributed by atoms with van der Waals surface area (Å²) in [6.45, 7) is 4.63. The summed E-state index contributed by atoms with van der Waals surface area (Å²) >= 11 is 3.37. The number of hydrazone groups is 1. The summed E-state index contributed by atoms with van der Waals surface area (Å²) in [7, 11) is -7.51. The number of sulfonamides is 1. The summed E-state index contributed by atoms with van der Waals surface area (Å²) in [5.41, 5.74) is -4.14. The molecule has 15 heteroatoms. The van der Waals surface area contributed by atoms with Crippen molar-refractivity contribution in [1.82, 2.24) is 9.40 Å². The quantitative estimate of drug-likeness (QED) is 0.129. The second-order valence-electron chi connectivity index (χ2n) is 6.87. The maximum Gasteiger partial charge on any atom is 0.485 e. The minimum atomic E-state index is -6.09. The minimum absolute atomic E-state index is 0.0660. The molecule has 1 aromatic carbocycles. The highest BCUT2D eigenvalue weighted by molar-refractivity contribution is 9.10. The lowest BCUT2D eigenvalue weighted by atomic mass is 10.1. The summed E-state index contributed by atoms with van der Waals surface area (Å²) in [6.07, 6.45) is 5.39. The second kappa shape index (κ2) is 11.9. The van der Waals surface area contributed by atoms with Crippen LogP contribution in [0.4, 0.5) is 13.2 Å². The Morgan fingerprint density at radius 3 is 2.18 bits per heavy atom. The number of benzene rings is 1. The summed E-state index contributed by atoms with van der Waals surface area (Å²) < 4.78 is 88.2. The highest BCUT2D eigenvalue weighted by Crippen LogP contribution is 2.20.